The van der Waals surface area contributed by atoms with E-state index in [9.17, 15) is 4.79 Å². The van der Waals surface area contributed by atoms with E-state index in [1.807, 2.05) is 19.1 Å². The van der Waals surface area contributed by atoms with Gasteiger partial charge < -0.3 is 10.1 Å². The third-order valence-corrected chi connectivity index (χ3v) is 4.63. The molecule has 0 radical (unpaired) electrons. The van der Waals surface area contributed by atoms with Crippen molar-refractivity contribution >= 4 is 17.4 Å². The molecule has 0 saturated carbocycles. The van der Waals surface area contributed by atoms with Gasteiger partial charge in [0.15, 0.2) is 5.78 Å². The second-order valence-corrected chi connectivity index (χ2v) is 6.40. The molecule has 1 aromatic carbocycles. The number of rotatable bonds is 3. The SMILES string of the molecule is CC1(C(=O)Cc2cc(Cl)cc3c2OCC3)CCCCN1. The quantitative estimate of drug-likeness (QED) is 0.931. The Kier molecular flexibility index (Phi) is 3.74. The lowest BCUT2D eigenvalue weighted by atomic mass is 9.84. The fraction of sp³-hybridized carbons (Fsp3) is 0.562. The van der Waals surface area contributed by atoms with Gasteiger partial charge in [0.25, 0.3) is 0 Å². The first-order chi connectivity index (χ1) is 9.58. The molecular weight excluding hydrogens is 274 g/mol. The molecule has 0 aromatic heterocycles. The molecule has 2 aliphatic rings. The van der Waals surface area contributed by atoms with Crippen molar-refractivity contribution in [3.8, 4) is 5.75 Å². The third-order valence-electron chi connectivity index (χ3n) is 4.41. The Hall–Kier alpha value is -1.06. The molecule has 1 saturated heterocycles. The van der Waals surface area contributed by atoms with Crippen LogP contribution in [0.4, 0.5) is 0 Å². The maximum Gasteiger partial charge on any atom is 0.157 e. The zero-order valence-corrected chi connectivity index (χ0v) is 12.6. The van der Waals surface area contributed by atoms with Crippen LogP contribution in [0.3, 0.4) is 0 Å². The number of ketones is 1. The van der Waals surface area contributed by atoms with E-state index in [0.717, 1.165) is 49.1 Å². The first-order valence-corrected chi connectivity index (χ1v) is 7.69. The van der Waals surface area contributed by atoms with Crippen molar-refractivity contribution in [2.24, 2.45) is 0 Å². The number of piperidine rings is 1. The number of nitrogens with one attached hydrogen (secondary N) is 1. The lowest BCUT2D eigenvalue weighted by Crippen LogP contribution is -2.52. The number of hydrogen-bond donors (Lipinski definition) is 1. The van der Waals surface area contributed by atoms with Crippen molar-refractivity contribution in [3.05, 3.63) is 28.3 Å². The summed E-state index contributed by atoms with van der Waals surface area (Å²) in [6, 6.07) is 3.81. The van der Waals surface area contributed by atoms with Crippen LogP contribution in [-0.2, 0) is 17.6 Å². The van der Waals surface area contributed by atoms with Gasteiger partial charge in [0, 0.05) is 23.4 Å². The van der Waals surface area contributed by atoms with Crippen molar-refractivity contribution in [2.45, 2.75) is 44.6 Å². The molecule has 3 rings (SSSR count). The van der Waals surface area contributed by atoms with Gasteiger partial charge in [-0.05, 0) is 50.4 Å². The average molecular weight is 294 g/mol. The second kappa shape index (κ2) is 5.38. The summed E-state index contributed by atoms with van der Waals surface area (Å²) in [7, 11) is 0. The monoisotopic (exact) mass is 293 g/mol. The number of carbonyl (C=O) groups is 1. The Bertz CT molecular complexity index is 536. The van der Waals surface area contributed by atoms with E-state index in [2.05, 4.69) is 5.32 Å². The van der Waals surface area contributed by atoms with Crippen LogP contribution in [0.2, 0.25) is 5.02 Å². The van der Waals surface area contributed by atoms with Crippen LogP contribution < -0.4 is 10.1 Å². The summed E-state index contributed by atoms with van der Waals surface area (Å²) in [5.41, 5.74) is 1.66. The standard InChI is InChI=1S/C16H20ClNO2/c1-16(5-2-3-6-18-16)14(19)10-12-9-13(17)8-11-4-7-20-15(11)12/h8-9,18H,2-7,10H2,1H3. The Labute approximate surface area is 124 Å². The molecule has 2 aliphatic heterocycles. The first-order valence-electron chi connectivity index (χ1n) is 7.31. The summed E-state index contributed by atoms with van der Waals surface area (Å²) >= 11 is 6.15. The lowest BCUT2D eigenvalue weighted by molar-refractivity contribution is -0.125. The summed E-state index contributed by atoms with van der Waals surface area (Å²) < 4.78 is 5.67. The average Bonchev–Trinajstić information content (AvgIpc) is 2.87. The first kappa shape index (κ1) is 13.9. The predicted octanol–water partition coefficient (Wildman–Crippen LogP) is 2.92. The normalized spacial score (nSPS) is 25.1. The van der Waals surface area contributed by atoms with Gasteiger partial charge in [-0.25, -0.2) is 0 Å². The van der Waals surface area contributed by atoms with Gasteiger partial charge in [0.1, 0.15) is 5.75 Å². The summed E-state index contributed by atoms with van der Waals surface area (Å²) in [5, 5.41) is 4.07. The minimum Gasteiger partial charge on any atom is -0.493 e. The van der Waals surface area contributed by atoms with E-state index in [1.54, 1.807) is 0 Å². The Morgan fingerprint density at radius 3 is 3.05 bits per heavy atom. The maximum atomic E-state index is 12.6. The van der Waals surface area contributed by atoms with E-state index < -0.39 is 5.54 Å². The minimum atomic E-state index is -0.397. The smallest absolute Gasteiger partial charge is 0.157 e. The highest BCUT2D eigenvalue weighted by Crippen LogP contribution is 2.34. The molecule has 4 heteroatoms. The van der Waals surface area contributed by atoms with E-state index in [-0.39, 0.29) is 5.78 Å². The highest BCUT2D eigenvalue weighted by Gasteiger charge is 2.34. The van der Waals surface area contributed by atoms with Crippen LogP contribution in [0.25, 0.3) is 0 Å². The van der Waals surface area contributed by atoms with Crippen molar-refractivity contribution in [2.75, 3.05) is 13.2 Å². The number of carbonyl (C=O) groups excluding carboxylic acids is 1. The zero-order valence-electron chi connectivity index (χ0n) is 11.8. The van der Waals surface area contributed by atoms with Gasteiger partial charge in [-0.2, -0.15) is 0 Å². The summed E-state index contributed by atoms with van der Waals surface area (Å²) in [6.07, 6.45) is 4.45. The van der Waals surface area contributed by atoms with Crippen molar-refractivity contribution in [1.29, 1.82) is 0 Å². The van der Waals surface area contributed by atoms with Crippen molar-refractivity contribution < 1.29 is 9.53 Å². The molecule has 0 spiro atoms. The molecule has 3 nitrogen and oxygen atoms in total. The Morgan fingerprint density at radius 1 is 1.45 bits per heavy atom. The molecule has 20 heavy (non-hydrogen) atoms. The molecule has 0 amide bonds. The molecule has 1 atom stereocenters. The van der Waals surface area contributed by atoms with Gasteiger partial charge in [-0.3, -0.25) is 4.79 Å². The van der Waals surface area contributed by atoms with Crippen LogP contribution in [0, 0.1) is 0 Å². The highest BCUT2D eigenvalue weighted by molar-refractivity contribution is 6.30. The number of fused-ring (bicyclic) bond motifs is 1. The number of halogens is 1. The molecule has 0 bridgehead atoms. The maximum absolute atomic E-state index is 12.6. The van der Waals surface area contributed by atoms with E-state index in [4.69, 9.17) is 16.3 Å². The Morgan fingerprint density at radius 2 is 2.30 bits per heavy atom. The summed E-state index contributed by atoms with van der Waals surface area (Å²) in [4.78, 5) is 12.6. The van der Waals surface area contributed by atoms with Crippen LogP contribution in [-0.4, -0.2) is 24.5 Å². The third kappa shape index (κ3) is 2.57. The number of benzene rings is 1. The van der Waals surface area contributed by atoms with Gasteiger partial charge in [-0.1, -0.05) is 11.6 Å². The number of hydrogen-bond acceptors (Lipinski definition) is 3. The van der Waals surface area contributed by atoms with E-state index in [0.29, 0.717) is 18.1 Å². The van der Waals surface area contributed by atoms with Gasteiger partial charge in [-0.15, -0.1) is 0 Å². The van der Waals surface area contributed by atoms with Crippen molar-refractivity contribution in [3.63, 3.8) is 0 Å². The molecule has 1 aromatic rings. The van der Waals surface area contributed by atoms with Gasteiger partial charge >= 0.3 is 0 Å². The van der Waals surface area contributed by atoms with Crippen LogP contribution in [0.15, 0.2) is 12.1 Å². The van der Waals surface area contributed by atoms with Crippen LogP contribution >= 0.6 is 11.6 Å². The second-order valence-electron chi connectivity index (χ2n) is 5.97. The summed E-state index contributed by atoms with van der Waals surface area (Å²) in [6.45, 7) is 3.62. The predicted molar refractivity (Wildman–Crippen MR) is 79.6 cm³/mol. The lowest BCUT2D eigenvalue weighted by Gasteiger charge is -2.33. The molecule has 1 unspecified atom stereocenters. The molecule has 108 valence electrons. The van der Waals surface area contributed by atoms with Crippen LogP contribution in [0.5, 0.6) is 5.75 Å². The molecule has 1 fully saturated rings. The molecule has 2 heterocycles. The van der Waals surface area contributed by atoms with E-state index in [1.165, 1.54) is 0 Å². The topological polar surface area (TPSA) is 38.3 Å². The Balaban J connectivity index is 1.83. The highest BCUT2D eigenvalue weighted by atomic mass is 35.5. The van der Waals surface area contributed by atoms with Crippen LogP contribution in [0.1, 0.15) is 37.3 Å². The summed E-state index contributed by atoms with van der Waals surface area (Å²) in [5.74, 6) is 1.11. The molecular formula is C16H20ClNO2. The van der Waals surface area contributed by atoms with E-state index >= 15 is 0 Å². The van der Waals surface area contributed by atoms with Crippen molar-refractivity contribution in [1.82, 2.24) is 5.32 Å². The number of Topliss-reactive ketones (excluding diaryl/α,β-unsaturated/α-hetero) is 1. The molecule has 1 N–H and O–H groups in total. The fourth-order valence-corrected chi connectivity index (χ4v) is 3.40. The largest absolute Gasteiger partial charge is 0.493 e. The van der Waals surface area contributed by atoms with Gasteiger partial charge in [0.2, 0.25) is 0 Å². The zero-order chi connectivity index (χ0) is 14.2. The van der Waals surface area contributed by atoms with Gasteiger partial charge in [0.05, 0.1) is 12.1 Å². The fourth-order valence-electron chi connectivity index (χ4n) is 3.14. The molecule has 0 aliphatic carbocycles. The number of ether oxygens (including phenoxy) is 1. The minimum absolute atomic E-state index is 0.233.